The maximum absolute atomic E-state index is 14.9. The SMILES string of the molecule is CCOc1ccc2c(F)c(-c3cc(F)c(C(F)(F)Oc4cc(F)c(F)c(F)c4)c(F)c3)sc2c1. The Balaban J connectivity index is 1.73. The van der Waals surface area contributed by atoms with Crippen LogP contribution in [0.1, 0.15) is 12.5 Å². The summed E-state index contributed by atoms with van der Waals surface area (Å²) in [7, 11) is 0. The molecule has 0 unspecified atom stereocenters. The second-order valence-electron chi connectivity index (χ2n) is 6.97. The predicted octanol–water partition coefficient (Wildman–Crippen LogP) is 7.93. The van der Waals surface area contributed by atoms with Crippen LogP contribution in [0.2, 0.25) is 0 Å². The zero-order valence-corrected chi connectivity index (χ0v) is 17.8. The Morgan fingerprint density at radius 2 is 1.38 bits per heavy atom. The molecule has 0 fully saturated rings. The summed E-state index contributed by atoms with van der Waals surface area (Å²) in [6, 6.07) is 5.62. The number of ether oxygens (including phenoxy) is 2. The normalized spacial score (nSPS) is 11.8. The number of halogens is 8. The van der Waals surface area contributed by atoms with E-state index in [1.54, 1.807) is 6.92 Å². The number of thiophene rings is 1. The molecule has 4 rings (SSSR count). The minimum Gasteiger partial charge on any atom is -0.494 e. The van der Waals surface area contributed by atoms with Gasteiger partial charge in [0.1, 0.15) is 34.5 Å². The molecule has 3 aromatic carbocycles. The first-order valence-corrected chi connectivity index (χ1v) is 10.4. The Labute approximate surface area is 191 Å². The van der Waals surface area contributed by atoms with E-state index in [1.807, 2.05) is 0 Å². The van der Waals surface area contributed by atoms with Crippen LogP contribution in [0.5, 0.6) is 11.5 Å². The quantitative estimate of drug-likeness (QED) is 0.196. The zero-order chi connectivity index (χ0) is 24.8. The molecule has 2 nitrogen and oxygen atoms in total. The van der Waals surface area contributed by atoms with Gasteiger partial charge in [0, 0.05) is 27.8 Å². The molecule has 1 aromatic heterocycles. The fourth-order valence-electron chi connectivity index (χ4n) is 3.26. The number of alkyl halides is 2. The molecule has 1 heterocycles. The maximum Gasteiger partial charge on any atom is 0.432 e. The molecule has 4 aromatic rings. The third kappa shape index (κ3) is 4.27. The highest BCUT2D eigenvalue weighted by molar-refractivity contribution is 7.22. The van der Waals surface area contributed by atoms with Crippen molar-refractivity contribution in [3.8, 4) is 21.9 Å². The van der Waals surface area contributed by atoms with Crippen molar-refractivity contribution in [3.63, 3.8) is 0 Å². The van der Waals surface area contributed by atoms with Gasteiger partial charge in [-0.05, 0) is 37.3 Å². The topological polar surface area (TPSA) is 18.5 Å². The molecule has 0 aliphatic heterocycles. The molecule has 0 spiro atoms. The predicted molar refractivity (Wildman–Crippen MR) is 109 cm³/mol. The zero-order valence-electron chi connectivity index (χ0n) is 17.0. The molecule has 11 heteroatoms. The van der Waals surface area contributed by atoms with E-state index >= 15 is 0 Å². The van der Waals surface area contributed by atoms with Gasteiger partial charge in [-0.25, -0.2) is 26.3 Å². The molecule has 0 radical (unpaired) electrons. The van der Waals surface area contributed by atoms with Crippen molar-refractivity contribution in [2.24, 2.45) is 0 Å². The van der Waals surface area contributed by atoms with Crippen LogP contribution in [0, 0.1) is 34.9 Å². The van der Waals surface area contributed by atoms with Gasteiger partial charge in [-0.1, -0.05) is 0 Å². The van der Waals surface area contributed by atoms with Crippen LogP contribution >= 0.6 is 11.3 Å². The van der Waals surface area contributed by atoms with Crippen LogP contribution in [0.15, 0.2) is 42.5 Å². The second kappa shape index (κ2) is 8.79. The lowest BCUT2D eigenvalue weighted by atomic mass is 10.1. The maximum atomic E-state index is 14.9. The fraction of sp³-hybridized carbons (Fsp3) is 0.130. The minimum atomic E-state index is -4.74. The molecule has 0 amide bonds. The van der Waals surface area contributed by atoms with Gasteiger partial charge in [0.05, 0.1) is 11.5 Å². The van der Waals surface area contributed by atoms with Crippen molar-refractivity contribution in [2.45, 2.75) is 13.0 Å². The number of hydrogen-bond acceptors (Lipinski definition) is 3. The monoisotopic (exact) mass is 504 g/mol. The summed E-state index contributed by atoms with van der Waals surface area (Å²) in [5.41, 5.74) is -2.23. The smallest absolute Gasteiger partial charge is 0.432 e. The summed E-state index contributed by atoms with van der Waals surface area (Å²) in [4.78, 5) is -0.208. The average molecular weight is 504 g/mol. The summed E-state index contributed by atoms with van der Waals surface area (Å²) < 4.78 is 123. The highest BCUT2D eigenvalue weighted by Crippen LogP contribution is 2.42. The van der Waals surface area contributed by atoms with Crippen molar-refractivity contribution < 1.29 is 44.6 Å². The van der Waals surface area contributed by atoms with Crippen molar-refractivity contribution in [1.82, 2.24) is 0 Å². The second-order valence-corrected chi connectivity index (χ2v) is 8.02. The third-order valence-electron chi connectivity index (χ3n) is 4.71. The summed E-state index contributed by atoms with van der Waals surface area (Å²) in [6.45, 7) is 2.11. The van der Waals surface area contributed by atoms with E-state index in [2.05, 4.69) is 4.74 Å². The molecule has 0 N–H and O–H groups in total. The molecule has 0 bridgehead atoms. The number of rotatable bonds is 6. The first-order chi connectivity index (χ1) is 16.0. The van der Waals surface area contributed by atoms with Crippen molar-refractivity contribution >= 4 is 21.4 Å². The highest BCUT2D eigenvalue weighted by Gasteiger charge is 2.41. The van der Waals surface area contributed by atoms with E-state index in [0.717, 1.165) is 11.3 Å². The average Bonchev–Trinajstić information content (AvgIpc) is 3.07. The number of hydrogen-bond donors (Lipinski definition) is 0. The molecule has 0 aliphatic rings. The Bertz CT molecular complexity index is 1350. The first kappa shape index (κ1) is 23.8. The Hall–Kier alpha value is -3.34. The van der Waals surface area contributed by atoms with Crippen LogP contribution in [-0.2, 0) is 6.11 Å². The first-order valence-electron chi connectivity index (χ1n) is 9.58. The van der Waals surface area contributed by atoms with Gasteiger partial charge in [-0.2, -0.15) is 8.78 Å². The van der Waals surface area contributed by atoms with E-state index in [4.69, 9.17) is 4.74 Å². The molecular weight excluding hydrogens is 492 g/mol. The summed E-state index contributed by atoms with van der Waals surface area (Å²) in [5, 5.41) is 0.141. The summed E-state index contributed by atoms with van der Waals surface area (Å²) >= 11 is 0.829. The standard InChI is InChI=1S/C23H12F8O2S/c1-2-32-11-3-4-13-18(9-11)34-22(20(13)28)10-5-14(24)19(15(25)6-10)23(30,31)33-12-7-16(26)21(29)17(27)8-12/h3-9H,2H2,1H3. The molecule has 0 saturated heterocycles. The van der Waals surface area contributed by atoms with Crippen LogP contribution in [0.3, 0.4) is 0 Å². The van der Waals surface area contributed by atoms with Gasteiger partial charge in [-0.15, -0.1) is 11.3 Å². The molecule has 0 atom stereocenters. The van der Waals surface area contributed by atoms with Crippen molar-refractivity contribution in [3.05, 3.63) is 82.9 Å². The molecule has 34 heavy (non-hydrogen) atoms. The Kier molecular flexibility index (Phi) is 6.15. The summed E-state index contributed by atoms with van der Waals surface area (Å²) in [6.07, 6.45) is -4.74. The Morgan fingerprint density at radius 1 is 0.765 bits per heavy atom. The van der Waals surface area contributed by atoms with Crippen LogP contribution in [0.4, 0.5) is 35.1 Å². The van der Waals surface area contributed by atoms with E-state index < -0.39 is 52.3 Å². The lowest BCUT2D eigenvalue weighted by molar-refractivity contribution is -0.189. The molecule has 0 aliphatic carbocycles. The van der Waals surface area contributed by atoms with Gasteiger partial charge in [0.25, 0.3) is 0 Å². The lowest BCUT2D eigenvalue weighted by Crippen LogP contribution is -2.25. The molecule has 178 valence electrons. The van der Waals surface area contributed by atoms with Gasteiger partial charge in [0.15, 0.2) is 17.5 Å². The lowest BCUT2D eigenvalue weighted by Gasteiger charge is -2.20. The number of benzene rings is 3. The van der Waals surface area contributed by atoms with E-state index in [1.165, 1.54) is 18.2 Å². The van der Waals surface area contributed by atoms with E-state index in [0.29, 0.717) is 29.2 Å². The molecule has 0 saturated carbocycles. The van der Waals surface area contributed by atoms with Crippen LogP contribution < -0.4 is 9.47 Å². The van der Waals surface area contributed by atoms with E-state index in [9.17, 15) is 35.1 Å². The van der Waals surface area contributed by atoms with Gasteiger partial charge in [0.2, 0.25) is 0 Å². The highest BCUT2D eigenvalue weighted by atomic mass is 32.1. The van der Waals surface area contributed by atoms with E-state index in [-0.39, 0.29) is 28.0 Å². The summed E-state index contributed by atoms with van der Waals surface area (Å²) in [5.74, 6) is -10.8. The Morgan fingerprint density at radius 3 is 1.97 bits per heavy atom. The van der Waals surface area contributed by atoms with Crippen LogP contribution in [-0.4, -0.2) is 6.61 Å². The fourth-order valence-corrected chi connectivity index (χ4v) is 4.36. The van der Waals surface area contributed by atoms with Gasteiger partial charge < -0.3 is 9.47 Å². The largest absolute Gasteiger partial charge is 0.494 e. The van der Waals surface area contributed by atoms with Gasteiger partial charge >= 0.3 is 6.11 Å². The minimum absolute atomic E-state index is 0.0968. The number of fused-ring (bicyclic) bond motifs is 1. The van der Waals surface area contributed by atoms with Crippen LogP contribution in [0.25, 0.3) is 20.5 Å². The molecular formula is C23H12F8O2S. The van der Waals surface area contributed by atoms with Crippen molar-refractivity contribution in [1.29, 1.82) is 0 Å². The van der Waals surface area contributed by atoms with Gasteiger partial charge in [-0.3, -0.25) is 0 Å². The van der Waals surface area contributed by atoms with Crippen molar-refractivity contribution in [2.75, 3.05) is 6.61 Å². The third-order valence-corrected chi connectivity index (χ3v) is 5.89.